The van der Waals surface area contributed by atoms with Crippen molar-refractivity contribution in [2.75, 3.05) is 0 Å². The van der Waals surface area contributed by atoms with Crippen molar-refractivity contribution in [3.05, 3.63) is 200 Å². The Morgan fingerprint density at radius 1 is 0.310 bits per heavy atom. The number of hydrogen-bond donors (Lipinski definition) is 0. The minimum Gasteiger partial charge on any atom is -0.309 e. The third kappa shape index (κ3) is 5.00. The molecule has 5 nitrogen and oxygen atoms in total. The van der Waals surface area contributed by atoms with Gasteiger partial charge in [-0.25, -0.2) is 15.0 Å². The molecule has 0 bridgehead atoms. The van der Waals surface area contributed by atoms with Crippen LogP contribution in [0.2, 0.25) is 0 Å². The average Bonchev–Trinajstić information content (AvgIpc) is 3.85. The number of para-hydroxylation sites is 3. The highest BCUT2D eigenvalue weighted by atomic mass is 15.1. The van der Waals surface area contributed by atoms with E-state index in [9.17, 15) is 0 Å². The summed E-state index contributed by atoms with van der Waals surface area (Å²) in [6.45, 7) is 0. The fourth-order valence-electron chi connectivity index (χ4n) is 8.97. The Labute approximate surface area is 333 Å². The quantitative estimate of drug-likeness (QED) is 0.165. The Bertz CT molecular complexity index is 3510. The van der Waals surface area contributed by atoms with Gasteiger partial charge in [0.25, 0.3) is 0 Å². The van der Waals surface area contributed by atoms with Gasteiger partial charge in [0, 0.05) is 45.7 Å². The molecule has 58 heavy (non-hydrogen) atoms. The second-order valence-corrected chi connectivity index (χ2v) is 14.9. The van der Waals surface area contributed by atoms with E-state index in [1.165, 1.54) is 65.3 Å². The molecule has 0 radical (unpaired) electrons. The van der Waals surface area contributed by atoms with Crippen LogP contribution in [0.4, 0.5) is 0 Å². The minimum atomic E-state index is 0.704. The van der Waals surface area contributed by atoms with E-state index >= 15 is 0 Å². The summed E-state index contributed by atoms with van der Waals surface area (Å²) in [4.78, 5) is 14.0. The predicted octanol–water partition coefficient (Wildman–Crippen LogP) is 13.4. The van der Waals surface area contributed by atoms with E-state index in [1.54, 1.807) is 12.4 Å². The maximum Gasteiger partial charge on any atom is 0.159 e. The van der Waals surface area contributed by atoms with E-state index in [0.717, 1.165) is 39.4 Å². The summed E-state index contributed by atoms with van der Waals surface area (Å²) in [5, 5.41) is 10.2. The van der Waals surface area contributed by atoms with E-state index in [4.69, 9.17) is 4.98 Å². The van der Waals surface area contributed by atoms with Crippen LogP contribution in [-0.2, 0) is 0 Å². The molecule has 0 amide bonds. The number of hydrogen-bond acceptors (Lipinski definition) is 3. The van der Waals surface area contributed by atoms with Crippen LogP contribution in [-0.4, -0.2) is 24.1 Å². The molecule has 0 aliphatic heterocycles. The van der Waals surface area contributed by atoms with Gasteiger partial charge >= 0.3 is 0 Å². The molecule has 0 aliphatic carbocycles. The first kappa shape index (κ1) is 32.4. The molecule has 0 saturated heterocycles. The van der Waals surface area contributed by atoms with Crippen molar-refractivity contribution in [3.8, 4) is 45.3 Å². The summed E-state index contributed by atoms with van der Waals surface area (Å²) in [5.74, 6) is 1.59. The molecule has 0 atom stereocenters. The molecule has 0 spiro atoms. The van der Waals surface area contributed by atoms with Gasteiger partial charge in [0.1, 0.15) is 5.82 Å². The number of imidazole rings is 1. The lowest BCUT2D eigenvalue weighted by atomic mass is 9.92. The van der Waals surface area contributed by atoms with Crippen molar-refractivity contribution in [2.45, 2.75) is 0 Å². The molecule has 0 N–H and O–H groups in total. The number of fused-ring (bicyclic) bond motifs is 10. The van der Waals surface area contributed by atoms with Gasteiger partial charge in [-0.3, -0.25) is 4.57 Å². The maximum absolute atomic E-state index is 5.12. The Morgan fingerprint density at radius 3 is 1.48 bits per heavy atom. The Hall–Kier alpha value is -7.89. The SMILES string of the molecule is c1cnc(-c2ccc(-c3nc4ccccc4n3-c3ccc(-n4c5ccccc5c5cc(-c6ccc7c8ccccc8c8ccccc8c7c6)ccc54)cc3)cc2)nc1. The molecule has 0 saturated carbocycles. The van der Waals surface area contributed by atoms with Gasteiger partial charge in [-0.15, -0.1) is 0 Å². The molecule has 270 valence electrons. The van der Waals surface area contributed by atoms with Crippen LogP contribution in [0.15, 0.2) is 200 Å². The van der Waals surface area contributed by atoms with E-state index in [2.05, 4.69) is 195 Å². The molecule has 5 heteroatoms. The molecule has 12 aromatic rings. The monoisotopic (exact) mass is 739 g/mol. The van der Waals surface area contributed by atoms with Crippen molar-refractivity contribution in [1.29, 1.82) is 0 Å². The maximum atomic E-state index is 5.12. The van der Waals surface area contributed by atoms with E-state index in [-0.39, 0.29) is 0 Å². The predicted molar refractivity (Wildman–Crippen MR) is 240 cm³/mol. The summed E-state index contributed by atoms with van der Waals surface area (Å²) >= 11 is 0. The lowest BCUT2D eigenvalue weighted by molar-refractivity contribution is 1.09. The normalized spacial score (nSPS) is 11.8. The fourth-order valence-corrected chi connectivity index (χ4v) is 8.97. The lowest BCUT2D eigenvalue weighted by Gasteiger charge is -2.13. The summed E-state index contributed by atoms with van der Waals surface area (Å²) in [6.07, 6.45) is 3.54. The van der Waals surface area contributed by atoms with Crippen LogP contribution in [0.1, 0.15) is 0 Å². The first-order chi connectivity index (χ1) is 28.8. The van der Waals surface area contributed by atoms with Gasteiger partial charge in [0.15, 0.2) is 5.82 Å². The number of nitrogens with zero attached hydrogens (tertiary/aromatic N) is 5. The smallest absolute Gasteiger partial charge is 0.159 e. The summed E-state index contributed by atoms with van der Waals surface area (Å²) in [7, 11) is 0. The zero-order chi connectivity index (χ0) is 38.2. The number of rotatable bonds is 5. The highest BCUT2D eigenvalue weighted by molar-refractivity contribution is 6.25. The second kappa shape index (κ2) is 12.8. The Balaban J connectivity index is 0.962. The fraction of sp³-hybridized carbons (Fsp3) is 0. The first-order valence-electron chi connectivity index (χ1n) is 19.6. The van der Waals surface area contributed by atoms with Gasteiger partial charge in [-0.05, 0) is 110 Å². The van der Waals surface area contributed by atoms with Gasteiger partial charge < -0.3 is 4.57 Å². The Kier molecular flexibility index (Phi) is 7.16. The molecule has 0 fully saturated rings. The van der Waals surface area contributed by atoms with E-state index < -0.39 is 0 Å². The third-order valence-corrected chi connectivity index (χ3v) is 11.6. The summed E-state index contributed by atoms with van der Waals surface area (Å²) in [6, 6.07) is 67.5. The number of aromatic nitrogens is 5. The van der Waals surface area contributed by atoms with Gasteiger partial charge in [-0.2, -0.15) is 0 Å². The summed E-state index contributed by atoms with van der Waals surface area (Å²) < 4.78 is 4.64. The molecule has 12 rings (SSSR count). The van der Waals surface area contributed by atoms with Gasteiger partial charge in [0.05, 0.1) is 22.1 Å². The molecule has 9 aromatic carbocycles. The standard InChI is InChI=1S/C53H33N5/c1-2-12-42-40(10-1)41-11-3-4-13-43(41)46-32-36(22-28-44(42)46)37-23-29-50-47(33-37)45-14-5-7-16-49(45)57(50)38-24-26-39(27-25-38)58-51-17-8-6-15-48(51)56-53(58)35-20-18-34(19-21-35)52-54-30-9-31-55-52/h1-33H. The van der Waals surface area contributed by atoms with Crippen molar-refractivity contribution >= 4 is 65.2 Å². The van der Waals surface area contributed by atoms with Crippen molar-refractivity contribution < 1.29 is 0 Å². The molecule has 3 heterocycles. The van der Waals surface area contributed by atoms with Crippen molar-refractivity contribution in [3.63, 3.8) is 0 Å². The van der Waals surface area contributed by atoms with Crippen LogP contribution in [0.25, 0.3) is 110 Å². The highest BCUT2D eigenvalue weighted by Gasteiger charge is 2.18. The Morgan fingerprint density at radius 2 is 0.793 bits per heavy atom. The van der Waals surface area contributed by atoms with Crippen LogP contribution in [0, 0.1) is 0 Å². The number of benzene rings is 9. The average molecular weight is 740 g/mol. The second-order valence-electron chi connectivity index (χ2n) is 14.9. The van der Waals surface area contributed by atoms with Crippen molar-refractivity contribution in [2.24, 2.45) is 0 Å². The molecule has 3 aromatic heterocycles. The van der Waals surface area contributed by atoms with E-state index in [0.29, 0.717) is 5.82 Å². The molecular formula is C53H33N5. The third-order valence-electron chi connectivity index (χ3n) is 11.6. The van der Waals surface area contributed by atoms with E-state index in [1.807, 2.05) is 12.1 Å². The topological polar surface area (TPSA) is 48.5 Å². The molecule has 0 unspecified atom stereocenters. The van der Waals surface area contributed by atoms with Crippen LogP contribution in [0.3, 0.4) is 0 Å². The van der Waals surface area contributed by atoms with Crippen LogP contribution < -0.4 is 0 Å². The molecular weight excluding hydrogens is 707 g/mol. The van der Waals surface area contributed by atoms with Crippen molar-refractivity contribution in [1.82, 2.24) is 24.1 Å². The largest absolute Gasteiger partial charge is 0.309 e. The van der Waals surface area contributed by atoms with Gasteiger partial charge in [-0.1, -0.05) is 121 Å². The van der Waals surface area contributed by atoms with Gasteiger partial charge in [0.2, 0.25) is 0 Å². The van der Waals surface area contributed by atoms with Crippen LogP contribution >= 0.6 is 0 Å². The van der Waals surface area contributed by atoms with Crippen LogP contribution in [0.5, 0.6) is 0 Å². The zero-order valence-corrected chi connectivity index (χ0v) is 31.3. The minimum absolute atomic E-state index is 0.704. The molecule has 0 aliphatic rings. The summed E-state index contributed by atoms with van der Waals surface area (Å²) in [5.41, 5.74) is 10.9. The first-order valence-corrected chi connectivity index (χ1v) is 19.6. The zero-order valence-electron chi connectivity index (χ0n) is 31.3. The highest BCUT2D eigenvalue weighted by Crippen LogP contribution is 2.40. The lowest BCUT2D eigenvalue weighted by Crippen LogP contribution is -1.99.